The molecule has 2 N–H and O–H groups in total. The highest BCUT2D eigenvalue weighted by Gasteiger charge is 2.48. The van der Waals surface area contributed by atoms with Gasteiger partial charge in [-0.3, -0.25) is 0 Å². The molecule has 2 aliphatic rings. The van der Waals surface area contributed by atoms with Crippen LogP contribution in [0.1, 0.15) is 31.0 Å². The van der Waals surface area contributed by atoms with Gasteiger partial charge >= 0.3 is 7.05 Å². The van der Waals surface area contributed by atoms with Crippen LogP contribution in [0.2, 0.25) is 6.82 Å². The number of methoxy groups -OCH3 is 1. The van der Waals surface area contributed by atoms with E-state index in [0.29, 0.717) is 11.8 Å². The van der Waals surface area contributed by atoms with Crippen LogP contribution < -0.4 is 9.96 Å². The predicted octanol–water partition coefficient (Wildman–Crippen LogP) is 2.45. The van der Waals surface area contributed by atoms with E-state index in [-0.39, 0.29) is 0 Å². The van der Waals surface area contributed by atoms with E-state index in [1.807, 2.05) is 6.07 Å². The first kappa shape index (κ1) is 15.3. The molecule has 2 unspecified atom stereocenters. The van der Waals surface area contributed by atoms with Gasteiger partial charge in [0.25, 0.3) is 0 Å². The molecular weight excluding hydrogens is 275 g/mol. The van der Waals surface area contributed by atoms with E-state index in [9.17, 15) is 5.02 Å². The van der Waals surface area contributed by atoms with Crippen molar-refractivity contribution in [2.45, 2.75) is 38.5 Å². The molecule has 2 bridgehead atoms. The van der Waals surface area contributed by atoms with E-state index < -0.39 is 12.6 Å². The van der Waals surface area contributed by atoms with Gasteiger partial charge in [-0.2, -0.15) is 0 Å². The maximum absolute atomic E-state index is 10.0. The topological polar surface area (TPSA) is 54.4 Å². The van der Waals surface area contributed by atoms with Gasteiger partial charge in [-0.1, -0.05) is 18.2 Å². The third-order valence-electron chi connectivity index (χ3n) is 4.81. The van der Waals surface area contributed by atoms with Crippen molar-refractivity contribution in [2.24, 2.45) is 5.92 Å². The van der Waals surface area contributed by atoms with Crippen LogP contribution in [0.3, 0.4) is 0 Å². The SMILES string of the molecule is C=C1CC2Cc3nc(OC)ccc3C(NB(C)O)(C1)C2=CC. The molecule has 1 heterocycles. The zero-order valence-corrected chi connectivity index (χ0v) is 13.5. The van der Waals surface area contributed by atoms with Crippen LogP contribution in [0.25, 0.3) is 0 Å². The molecule has 2 aliphatic carbocycles. The Morgan fingerprint density at radius 2 is 2.27 bits per heavy atom. The normalized spacial score (nSPS) is 28.5. The summed E-state index contributed by atoms with van der Waals surface area (Å²) in [6.45, 7) is 8.07. The predicted molar refractivity (Wildman–Crippen MR) is 88.8 cm³/mol. The first-order valence-electron chi connectivity index (χ1n) is 7.83. The summed E-state index contributed by atoms with van der Waals surface area (Å²) in [5, 5.41) is 13.4. The third kappa shape index (κ3) is 2.29. The molecule has 1 fully saturated rings. The van der Waals surface area contributed by atoms with Crippen LogP contribution in [0.5, 0.6) is 5.88 Å². The maximum atomic E-state index is 10.0. The number of allylic oxidation sites excluding steroid dienone is 1. The number of nitrogens with zero attached hydrogens (tertiary/aromatic N) is 1. The van der Waals surface area contributed by atoms with Gasteiger partial charge in [0.15, 0.2) is 0 Å². The molecule has 116 valence electrons. The van der Waals surface area contributed by atoms with E-state index in [1.165, 1.54) is 11.1 Å². The molecule has 4 nitrogen and oxygen atoms in total. The molecule has 0 saturated heterocycles. The number of aromatic nitrogens is 1. The lowest BCUT2D eigenvalue weighted by Crippen LogP contribution is -2.56. The smallest absolute Gasteiger partial charge is 0.374 e. The number of nitrogens with one attached hydrogen (secondary N) is 1. The minimum absolute atomic E-state index is 0.393. The highest BCUT2D eigenvalue weighted by atomic mass is 16.5. The van der Waals surface area contributed by atoms with Crippen molar-refractivity contribution in [2.75, 3.05) is 7.11 Å². The Kier molecular flexibility index (Phi) is 3.87. The molecule has 0 spiro atoms. The van der Waals surface area contributed by atoms with Crippen LogP contribution in [-0.2, 0) is 12.0 Å². The minimum atomic E-state index is -0.602. The molecule has 0 amide bonds. The molecule has 0 aromatic carbocycles. The van der Waals surface area contributed by atoms with E-state index >= 15 is 0 Å². The van der Waals surface area contributed by atoms with Crippen LogP contribution >= 0.6 is 0 Å². The average molecular weight is 298 g/mol. The summed E-state index contributed by atoms with van der Waals surface area (Å²) in [5.74, 6) is 1.04. The molecule has 0 aliphatic heterocycles. The zero-order valence-electron chi connectivity index (χ0n) is 13.5. The molecule has 1 saturated carbocycles. The summed E-state index contributed by atoms with van der Waals surface area (Å²) in [6, 6.07) is 3.98. The molecule has 1 aromatic rings. The first-order valence-corrected chi connectivity index (χ1v) is 7.83. The van der Waals surface area contributed by atoms with Gasteiger partial charge in [0, 0.05) is 6.07 Å². The molecule has 5 heteroatoms. The quantitative estimate of drug-likeness (QED) is 0.665. The lowest BCUT2D eigenvalue weighted by atomic mass is 9.59. The van der Waals surface area contributed by atoms with Crippen molar-refractivity contribution in [1.29, 1.82) is 0 Å². The van der Waals surface area contributed by atoms with Gasteiger partial charge in [-0.25, -0.2) is 4.98 Å². The fourth-order valence-corrected chi connectivity index (χ4v) is 4.21. The second kappa shape index (κ2) is 5.56. The Morgan fingerprint density at radius 1 is 1.50 bits per heavy atom. The van der Waals surface area contributed by atoms with E-state index in [4.69, 9.17) is 4.74 Å². The summed E-state index contributed by atoms with van der Waals surface area (Å²) in [6.07, 6.45) is 4.88. The number of pyridine rings is 1. The highest BCUT2D eigenvalue weighted by molar-refractivity contribution is 6.45. The van der Waals surface area contributed by atoms with Gasteiger partial charge in [0.2, 0.25) is 5.88 Å². The van der Waals surface area contributed by atoms with Gasteiger partial charge < -0.3 is 15.0 Å². The van der Waals surface area contributed by atoms with E-state index in [2.05, 4.69) is 35.9 Å². The standard InChI is InChI=1S/C17H23BN2O2/c1-5-13-12-8-11(2)10-17(13,20-18(3)21)14-6-7-16(22-4)19-15(14)9-12/h5-7,12,20-21H,2,8-10H2,1,3-4H3. The molecule has 0 radical (unpaired) electrons. The van der Waals surface area contributed by atoms with Gasteiger partial charge in [-0.05, 0) is 56.1 Å². The Balaban J connectivity index is 2.21. The lowest BCUT2D eigenvalue weighted by Gasteiger charge is -2.50. The van der Waals surface area contributed by atoms with Crippen molar-refractivity contribution < 1.29 is 9.76 Å². The molecular formula is C17H23BN2O2. The minimum Gasteiger partial charge on any atom is -0.481 e. The Hall–Kier alpha value is -1.59. The summed E-state index contributed by atoms with van der Waals surface area (Å²) < 4.78 is 5.28. The molecule has 22 heavy (non-hydrogen) atoms. The summed E-state index contributed by atoms with van der Waals surface area (Å²) in [4.78, 5) is 4.66. The molecule has 3 rings (SSSR count). The molecule has 2 atom stereocenters. The third-order valence-corrected chi connectivity index (χ3v) is 4.81. The highest BCUT2D eigenvalue weighted by Crippen LogP contribution is 2.51. The fourth-order valence-electron chi connectivity index (χ4n) is 4.21. The van der Waals surface area contributed by atoms with Crippen molar-refractivity contribution in [3.05, 3.63) is 47.2 Å². The molecule has 1 aromatic heterocycles. The summed E-state index contributed by atoms with van der Waals surface area (Å²) in [7, 11) is 1.04. The monoisotopic (exact) mass is 298 g/mol. The van der Waals surface area contributed by atoms with Gasteiger partial charge in [0.05, 0.1) is 18.3 Å². The second-order valence-electron chi connectivity index (χ2n) is 6.35. The Labute approximate surface area is 132 Å². The van der Waals surface area contributed by atoms with Crippen molar-refractivity contribution in [3.63, 3.8) is 0 Å². The Bertz CT molecular complexity index is 642. The number of ether oxygens (including phenoxy) is 1. The van der Waals surface area contributed by atoms with Crippen LogP contribution in [-0.4, -0.2) is 24.2 Å². The van der Waals surface area contributed by atoms with Crippen molar-refractivity contribution >= 4 is 7.05 Å². The van der Waals surface area contributed by atoms with Crippen LogP contribution in [0, 0.1) is 5.92 Å². The second-order valence-corrected chi connectivity index (χ2v) is 6.35. The van der Waals surface area contributed by atoms with Crippen molar-refractivity contribution in [1.82, 2.24) is 10.2 Å². The number of hydrogen-bond donors (Lipinski definition) is 2. The number of hydrogen-bond acceptors (Lipinski definition) is 4. The summed E-state index contributed by atoms with van der Waals surface area (Å²) in [5.41, 5.74) is 4.39. The van der Waals surface area contributed by atoms with E-state index in [1.54, 1.807) is 13.9 Å². The fraction of sp³-hybridized carbons (Fsp3) is 0.471. The lowest BCUT2D eigenvalue weighted by molar-refractivity contribution is 0.309. The van der Waals surface area contributed by atoms with Gasteiger partial charge in [0.1, 0.15) is 0 Å². The maximum Gasteiger partial charge on any atom is 0.374 e. The van der Waals surface area contributed by atoms with Crippen LogP contribution in [0.15, 0.2) is 35.9 Å². The zero-order chi connectivity index (χ0) is 15.9. The van der Waals surface area contributed by atoms with Crippen LogP contribution in [0.4, 0.5) is 0 Å². The van der Waals surface area contributed by atoms with Crippen molar-refractivity contribution in [3.8, 4) is 5.88 Å². The summed E-state index contributed by atoms with van der Waals surface area (Å²) >= 11 is 0. The van der Waals surface area contributed by atoms with E-state index in [0.717, 1.165) is 30.5 Å². The number of rotatable bonds is 3. The van der Waals surface area contributed by atoms with Gasteiger partial charge in [-0.15, -0.1) is 0 Å². The largest absolute Gasteiger partial charge is 0.481 e. The number of fused-ring (bicyclic) bond motifs is 4. The Morgan fingerprint density at radius 3 is 2.91 bits per heavy atom. The average Bonchev–Trinajstić information content (AvgIpc) is 2.45. The first-order chi connectivity index (χ1) is 10.5.